The minimum absolute atomic E-state index is 0.284. The molecule has 0 heterocycles. The second kappa shape index (κ2) is 4.68. The van der Waals surface area contributed by atoms with E-state index in [1.807, 2.05) is 0 Å². The van der Waals surface area contributed by atoms with E-state index in [1.165, 1.54) is 6.07 Å². The quantitative estimate of drug-likeness (QED) is 0.720. The molecule has 0 saturated carbocycles. The molecule has 1 aromatic rings. The Morgan fingerprint density at radius 3 is 2.06 bits per heavy atom. The molecule has 0 aromatic heterocycles. The molecule has 0 spiro atoms. The van der Waals surface area contributed by atoms with Gasteiger partial charge in [0.15, 0.2) is 5.75 Å². The van der Waals surface area contributed by atoms with E-state index in [4.69, 9.17) is 5.26 Å². The molecule has 0 N–H and O–H groups in total. The van der Waals surface area contributed by atoms with Crippen LogP contribution < -0.4 is 4.74 Å². The van der Waals surface area contributed by atoms with Gasteiger partial charge in [0.25, 0.3) is 0 Å². The lowest BCUT2D eigenvalue weighted by atomic mass is 10.1. The molecule has 18 heavy (non-hydrogen) atoms. The molecule has 2 nitrogen and oxygen atoms in total. The maximum Gasteiger partial charge on any atom is 0.573 e. The van der Waals surface area contributed by atoms with Crippen LogP contribution in [0.15, 0.2) is 16.6 Å². The smallest absolute Gasteiger partial charge is 0.404 e. The van der Waals surface area contributed by atoms with Gasteiger partial charge in [0, 0.05) is 0 Å². The second-order valence-electron chi connectivity index (χ2n) is 2.99. The van der Waals surface area contributed by atoms with Crippen LogP contribution in [0.3, 0.4) is 0 Å². The Hall–Kier alpha value is -1.43. The lowest BCUT2D eigenvalue weighted by Crippen LogP contribution is -2.20. The normalized spacial score (nSPS) is 12.1. The van der Waals surface area contributed by atoms with Gasteiger partial charge in [0.2, 0.25) is 0 Å². The summed E-state index contributed by atoms with van der Waals surface area (Å²) in [6, 6.07) is 2.49. The van der Waals surface area contributed by atoms with Crippen molar-refractivity contribution in [2.75, 3.05) is 0 Å². The van der Waals surface area contributed by atoms with E-state index in [2.05, 4.69) is 20.7 Å². The Morgan fingerprint density at radius 2 is 1.67 bits per heavy atom. The fourth-order valence-electron chi connectivity index (χ4n) is 1.09. The zero-order chi connectivity index (χ0) is 14.1. The summed E-state index contributed by atoms with van der Waals surface area (Å²) in [5, 5.41) is 8.47. The molecule has 0 fully saturated rings. The van der Waals surface area contributed by atoms with Crippen LogP contribution in [-0.4, -0.2) is 6.36 Å². The first kappa shape index (κ1) is 14.6. The molecule has 0 radical (unpaired) electrons. The van der Waals surface area contributed by atoms with Crippen molar-refractivity contribution in [3.05, 3.63) is 27.7 Å². The number of alkyl halides is 6. The third kappa shape index (κ3) is 3.53. The van der Waals surface area contributed by atoms with Gasteiger partial charge in [-0.2, -0.15) is 18.4 Å². The van der Waals surface area contributed by atoms with E-state index in [1.54, 1.807) is 0 Å². The highest BCUT2D eigenvalue weighted by atomic mass is 79.9. The van der Waals surface area contributed by atoms with E-state index in [-0.39, 0.29) is 6.07 Å². The van der Waals surface area contributed by atoms with Gasteiger partial charge in [-0.25, -0.2) is 0 Å². The Bertz CT molecular complexity index is 501. The van der Waals surface area contributed by atoms with E-state index in [0.29, 0.717) is 0 Å². The standard InChI is InChI=1S/C9H2BrF6NO/c10-6-2-4(3-17)1-5(8(11,12)13)7(6)18-9(14,15)16/h1-2H. The molecule has 0 aliphatic heterocycles. The molecule has 0 bridgehead atoms. The van der Waals surface area contributed by atoms with Gasteiger partial charge in [-0.3, -0.25) is 0 Å². The average Bonchev–Trinajstić information content (AvgIpc) is 2.17. The summed E-state index contributed by atoms with van der Waals surface area (Å²) < 4.78 is 76.3. The minimum atomic E-state index is -5.27. The summed E-state index contributed by atoms with van der Waals surface area (Å²) in [6.45, 7) is 0. The van der Waals surface area contributed by atoms with Crippen LogP contribution in [-0.2, 0) is 6.18 Å². The highest BCUT2D eigenvalue weighted by Gasteiger charge is 2.40. The first-order valence-corrected chi connectivity index (χ1v) is 4.90. The number of rotatable bonds is 1. The van der Waals surface area contributed by atoms with Crippen LogP contribution >= 0.6 is 15.9 Å². The van der Waals surface area contributed by atoms with Gasteiger partial charge < -0.3 is 4.74 Å². The van der Waals surface area contributed by atoms with Crippen molar-refractivity contribution in [3.8, 4) is 11.8 Å². The Kier molecular flexibility index (Phi) is 3.81. The molecule has 0 unspecified atom stereocenters. The maximum atomic E-state index is 12.5. The van der Waals surface area contributed by atoms with Crippen LogP contribution in [0, 0.1) is 11.3 Å². The molecule has 0 aliphatic rings. The predicted octanol–water partition coefficient (Wildman–Crippen LogP) is 4.24. The maximum absolute atomic E-state index is 12.5. The average molecular weight is 334 g/mol. The lowest BCUT2D eigenvalue weighted by molar-refractivity contribution is -0.276. The number of hydrogen-bond acceptors (Lipinski definition) is 2. The summed E-state index contributed by atoms with van der Waals surface area (Å²) >= 11 is 2.51. The summed E-state index contributed by atoms with van der Waals surface area (Å²) in [5.74, 6) is -1.42. The summed E-state index contributed by atoms with van der Waals surface area (Å²) in [4.78, 5) is 0. The van der Waals surface area contributed by atoms with E-state index >= 15 is 0 Å². The fourth-order valence-corrected chi connectivity index (χ4v) is 1.63. The third-order valence-electron chi connectivity index (χ3n) is 1.70. The number of nitrogens with zero attached hydrogens (tertiary/aromatic N) is 1. The molecular weight excluding hydrogens is 332 g/mol. The molecule has 0 aliphatic carbocycles. The first-order valence-electron chi connectivity index (χ1n) is 4.11. The molecule has 0 saturated heterocycles. The molecule has 1 aromatic carbocycles. The predicted molar refractivity (Wildman–Crippen MR) is 50.5 cm³/mol. The Morgan fingerprint density at radius 1 is 1.11 bits per heavy atom. The van der Waals surface area contributed by atoms with E-state index in [0.717, 1.165) is 6.07 Å². The molecule has 98 valence electrons. The summed E-state index contributed by atoms with van der Waals surface area (Å²) in [5.41, 5.74) is -2.12. The molecule has 0 amide bonds. The van der Waals surface area contributed by atoms with Gasteiger partial charge in [0.1, 0.15) is 5.56 Å². The lowest BCUT2D eigenvalue weighted by Gasteiger charge is -2.16. The monoisotopic (exact) mass is 333 g/mol. The van der Waals surface area contributed by atoms with Gasteiger partial charge in [-0.1, -0.05) is 0 Å². The first-order chi connectivity index (χ1) is 8.04. The molecule has 0 atom stereocenters. The third-order valence-corrected chi connectivity index (χ3v) is 2.28. The van der Waals surface area contributed by atoms with Crippen molar-refractivity contribution in [1.82, 2.24) is 0 Å². The topological polar surface area (TPSA) is 33.0 Å². The van der Waals surface area contributed by atoms with Crippen LogP contribution in [0.4, 0.5) is 26.3 Å². The van der Waals surface area contributed by atoms with Crippen LogP contribution in [0.25, 0.3) is 0 Å². The number of nitriles is 1. The van der Waals surface area contributed by atoms with Crippen molar-refractivity contribution >= 4 is 15.9 Å². The highest BCUT2D eigenvalue weighted by Crippen LogP contribution is 2.43. The molecule has 1 rings (SSSR count). The Labute approximate surface area is 105 Å². The van der Waals surface area contributed by atoms with Crippen molar-refractivity contribution in [1.29, 1.82) is 5.26 Å². The van der Waals surface area contributed by atoms with Gasteiger partial charge in [-0.15, -0.1) is 13.2 Å². The number of benzene rings is 1. The van der Waals surface area contributed by atoms with Crippen molar-refractivity contribution in [2.24, 2.45) is 0 Å². The zero-order valence-electron chi connectivity index (χ0n) is 8.16. The number of ether oxygens (including phenoxy) is 1. The van der Waals surface area contributed by atoms with E-state index in [9.17, 15) is 26.3 Å². The second-order valence-corrected chi connectivity index (χ2v) is 3.85. The van der Waals surface area contributed by atoms with Crippen LogP contribution in [0.2, 0.25) is 0 Å². The summed E-state index contributed by atoms with van der Waals surface area (Å²) in [6.07, 6.45) is -10.3. The number of hydrogen-bond donors (Lipinski definition) is 0. The number of halogens is 7. The minimum Gasteiger partial charge on any atom is -0.404 e. The van der Waals surface area contributed by atoms with Crippen molar-refractivity contribution < 1.29 is 31.1 Å². The van der Waals surface area contributed by atoms with Gasteiger partial charge in [-0.05, 0) is 28.1 Å². The largest absolute Gasteiger partial charge is 0.573 e. The van der Waals surface area contributed by atoms with Crippen LogP contribution in [0.1, 0.15) is 11.1 Å². The fraction of sp³-hybridized carbons (Fsp3) is 0.222. The molecule has 9 heteroatoms. The SMILES string of the molecule is N#Cc1cc(Br)c(OC(F)(F)F)c(C(F)(F)F)c1. The van der Waals surface area contributed by atoms with Crippen molar-refractivity contribution in [2.45, 2.75) is 12.5 Å². The zero-order valence-corrected chi connectivity index (χ0v) is 9.74. The van der Waals surface area contributed by atoms with Gasteiger partial charge >= 0.3 is 12.5 Å². The van der Waals surface area contributed by atoms with Crippen LogP contribution in [0.5, 0.6) is 5.75 Å². The highest BCUT2D eigenvalue weighted by molar-refractivity contribution is 9.10. The van der Waals surface area contributed by atoms with Gasteiger partial charge in [0.05, 0.1) is 16.1 Å². The van der Waals surface area contributed by atoms with Crippen molar-refractivity contribution in [3.63, 3.8) is 0 Å². The molecular formula is C9H2BrF6NO. The Balaban J connectivity index is 3.45. The summed E-state index contributed by atoms with van der Waals surface area (Å²) in [7, 11) is 0. The van der Waals surface area contributed by atoms with E-state index < -0.39 is 33.9 Å².